The van der Waals surface area contributed by atoms with Gasteiger partial charge >= 0.3 is 0 Å². The molecule has 2 aromatic carbocycles. The summed E-state index contributed by atoms with van der Waals surface area (Å²) in [5, 5.41) is 10.4. The molecule has 4 heteroatoms. The molecule has 1 unspecified atom stereocenters. The largest absolute Gasteiger partial charge is 0.388 e. The Labute approximate surface area is 138 Å². The average molecular weight is 330 g/mol. The first-order chi connectivity index (χ1) is 10.9. The van der Waals surface area contributed by atoms with Gasteiger partial charge in [-0.3, -0.25) is 0 Å². The second kappa shape index (κ2) is 7.57. The molecule has 0 bridgehead atoms. The fourth-order valence-electron chi connectivity index (χ4n) is 2.37. The van der Waals surface area contributed by atoms with Crippen LogP contribution in [0.1, 0.15) is 31.9 Å². The lowest BCUT2D eigenvalue weighted by molar-refractivity contribution is 0.180. The van der Waals surface area contributed by atoms with Crippen molar-refractivity contribution in [2.45, 2.75) is 31.3 Å². The van der Waals surface area contributed by atoms with E-state index in [9.17, 15) is 13.5 Å². The van der Waals surface area contributed by atoms with E-state index in [1.165, 1.54) is 0 Å². The van der Waals surface area contributed by atoms with Gasteiger partial charge in [-0.05, 0) is 23.6 Å². The van der Waals surface area contributed by atoms with Crippen molar-refractivity contribution < 1.29 is 13.5 Å². The Morgan fingerprint density at radius 2 is 1.52 bits per heavy atom. The number of allylic oxidation sites excluding steroid dienone is 1. The van der Waals surface area contributed by atoms with Gasteiger partial charge in [0.05, 0.1) is 11.0 Å². The molecule has 0 fully saturated rings. The van der Waals surface area contributed by atoms with Crippen LogP contribution in [0.5, 0.6) is 0 Å². The minimum atomic E-state index is -3.60. The maximum atomic E-state index is 12.9. The summed E-state index contributed by atoms with van der Waals surface area (Å²) >= 11 is 0. The van der Waals surface area contributed by atoms with E-state index in [1.807, 2.05) is 32.0 Å². The number of benzene rings is 2. The van der Waals surface area contributed by atoms with E-state index in [-0.39, 0.29) is 22.1 Å². The second-order valence-corrected chi connectivity index (χ2v) is 7.83. The molecule has 1 atom stereocenters. The van der Waals surface area contributed by atoms with Gasteiger partial charge in [0.1, 0.15) is 0 Å². The summed E-state index contributed by atoms with van der Waals surface area (Å²) in [6.07, 6.45) is 0.938. The Morgan fingerprint density at radius 1 is 1.00 bits per heavy atom. The minimum Gasteiger partial charge on any atom is -0.388 e. The Bertz CT molecular complexity index is 748. The zero-order chi connectivity index (χ0) is 16.9. The van der Waals surface area contributed by atoms with E-state index in [0.29, 0.717) is 5.56 Å². The monoisotopic (exact) mass is 330 g/mol. The Kier molecular flexibility index (Phi) is 5.74. The summed E-state index contributed by atoms with van der Waals surface area (Å²) in [5.41, 5.74) is 0.713. The van der Waals surface area contributed by atoms with Crippen LogP contribution in [0.25, 0.3) is 0 Å². The van der Waals surface area contributed by atoms with Crippen molar-refractivity contribution >= 4 is 9.84 Å². The van der Waals surface area contributed by atoms with Gasteiger partial charge in [0.15, 0.2) is 0 Å². The van der Waals surface area contributed by atoms with Crippen molar-refractivity contribution in [2.24, 2.45) is 5.92 Å². The van der Waals surface area contributed by atoms with E-state index in [1.54, 1.807) is 48.5 Å². The molecule has 0 saturated carbocycles. The summed E-state index contributed by atoms with van der Waals surface area (Å²) in [6.45, 7) is 3.85. The molecular weight excluding hydrogens is 308 g/mol. The molecule has 0 heterocycles. The second-order valence-electron chi connectivity index (χ2n) is 5.82. The van der Waals surface area contributed by atoms with E-state index >= 15 is 0 Å². The zero-order valence-electron chi connectivity index (χ0n) is 13.4. The molecule has 122 valence electrons. The SMILES string of the molecule is CC(C)/C=C(/CC(O)c1ccccc1)S(=O)(=O)c1ccccc1. The molecule has 3 nitrogen and oxygen atoms in total. The van der Waals surface area contributed by atoms with Gasteiger partial charge in [-0.1, -0.05) is 68.5 Å². The minimum absolute atomic E-state index is 0.0689. The average Bonchev–Trinajstić information content (AvgIpc) is 2.55. The van der Waals surface area contributed by atoms with Crippen LogP contribution in [-0.4, -0.2) is 13.5 Å². The Hall–Kier alpha value is -1.91. The van der Waals surface area contributed by atoms with Gasteiger partial charge in [-0.15, -0.1) is 0 Å². The molecular formula is C19H22O3S. The fourth-order valence-corrected chi connectivity index (χ4v) is 4.02. The van der Waals surface area contributed by atoms with Crippen LogP contribution in [0, 0.1) is 5.92 Å². The van der Waals surface area contributed by atoms with Crippen LogP contribution in [0.4, 0.5) is 0 Å². The molecule has 0 amide bonds. The molecule has 0 radical (unpaired) electrons. The lowest BCUT2D eigenvalue weighted by atomic mass is 10.1. The van der Waals surface area contributed by atoms with Crippen LogP contribution in [0.15, 0.2) is 76.5 Å². The molecule has 0 saturated heterocycles. The van der Waals surface area contributed by atoms with Crippen molar-refractivity contribution in [3.8, 4) is 0 Å². The standard InChI is InChI=1S/C19H22O3S/c1-15(2)13-18(14-19(20)16-9-5-3-6-10-16)23(21,22)17-11-7-4-8-12-17/h3-13,15,19-20H,14H2,1-2H3/b18-13-. The van der Waals surface area contributed by atoms with Crippen molar-refractivity contribution in [1.29, 1.82) is 0 Å². The molecule has 0 spiro atoms. The van der Waals surface area contributed by atoms with Crippen LogP contribution in [0.3, 0.4) is 0 Å². The highest BCUT2D eigenvalue weighted by atomic mass is 32.2. The first-order valence-corrected chi connectivity index (χ1v) is 9.13. The molecule has 0 aromatic heterocycles. The highest BCUT2D eigenvalue weighted by Crippen LogP contribution is 2.29. The van der Waals surface area contributed by atoms with E-state index in [0.717, 1.165) is 0 Å². The Balaban J connectivity index is 2.35. The van der Waals surface area contributed by atoms with E-state index in [2.05, 4.69) is 0 Å². The topological polar surface area (TPSA) is 54.4 Å². The normalized spacial score (nSPS) is 14.0. The predicted octanol–water partition coefficient (Wildman–Crippen LogP) is 4.12. The molecule has 1 N–H and O–H groups in total. The van der Waals surface area contributed by atoms with Gasteiger partial charge in [0, 0.05) is 11.3 Å². The summed E-state index contributed by atoms with van der Waals surface area (Å²) in [4.78, 5) is 0.516. The van der Waals surface area contributed by atoms with Gasteiger partial charge in [0.25, 0.3) is 0 Å². The first-order valence-electron chi connectivity index (χ1n) is 7.65. The van der Waals surface area contributed by atoms with Gasteiger partial charge in [0.2, 0.25) is 9.84 Å². The summed E-state index contributed by atoms with van der Waals surface area (Å²) in [6, 6.07) is 17.5. The van der Waals surface area contributed by atoms with Crippen molar-refractivity contribution in [2.75, 3.05) is 0 Å². The third-order valence-electron chi connectivity index (χ3n) is 3.50. The van der Waals surface area contributed by atoms with Gasteiger partial charge in [-0.25, -0.2) is 8.42 Å². The van der Waals surface area contributed by atoms with Crippen molar-refractivity contribution in [3.05, 3.63) is 77.2 Å². The summed E-state index contributed by atoms with van der Waals surface area (Å²) < 4.78 is 25.7. The van der Waals surface area contributed by atoms with Gasteiger partial charge < -0.3 is 5.11 Å². The number of aliphatic hydroxyl groups is 1. The zero-order valence-corrected chi connectivity index (χ0v) is 14.2. The first kappa shape index (κ1) is 17.4. The number of rotatable bonds is 6. The fraction of sp³-hybridized carbons (Fsp3) is 0.263. The van der Waals surface area contributed by atoms with Crippen LogP contribution < -0.4 is 0 Å². The van der Waals surface area contributed by atoms with Crippen LogP contribution in [0.2, 0.25) is 0 Å². The smallest absolute Gasteiger partial charge is 0.202 e. The van der Waals surface area contributed by atoms with Crippen LogP contribution >= 0.6 is 0 Å². The van der Waals surface area contributed by atoms with Gasteiger partial charge in [-0.2, -0.15) is 0 Å². The summed E-state index contributed by atoms with van der Waals surface area (Å²) in [7, 11) is -3.60. The lowest BCUT2D eigenvalue weighted by Crippen LogP contribution is -2.10. The lowest BCUT2D eigenvalue weighted by Gasteiger charge is -2.15. The van der Waals surface area contributed by atoms with Crippen LogP contribution in [-0.2, 0) is 9.84 Å². The van der Waals surface area contributed by atoms with Crippen molar-refractivity contribution in [1.82, 2.24) is 0 Å². The number of hydrogen-bond acceptors (Lipinski definition) is 3. The number of hydrogen-bond donors (Lipinski definition) is 1. The molecule has 2 rings (SSSR count). The molecule has 23 heavy (non-hydrogen) atoms. The van der Waals surface area contributed by atoms with E-state index in [4.69, 9.17) is 0 Å². The number of aliphatic hydroxyl groups excluding tert-OH is 1. The molecule has 0 aliphatic heterocycles. The Morgan fingerprint density at radius 3 is 2.04 bits per heavy atom. The maximum Gasteiger partial charge on any atom is 0.202 e. The third kappa shape index (κ3) is 4.53. The molecule has 2 aromatic rings. The maximum absolute atomic E-state index is 12.9. The number of sulfone groups is 1. The van der Waals surface area contributed by atoms with Crippen molar-refractivity contribution in [3.63, 3.8) is 0 Å². The molecule has 0 aliphatic carbocycles. The highest BCUT2D eigenvalue weighted by molar-refractivity contribution is 7.95. The third-order valence-corrected chi connectivity index (χ3v) is 5.38. The summed E-state index contributed by atoms with van der Waals surface area (Å²) in [5.74, 6) is 0.0754. The predicted molar refractivity (Wildman–Crippen MR) is 92.6 cm³/mol. The molecule has 0 aliphatic rings. The highest BCUT2D eigenvalue weighted by Gasteiger charge is 2.23. The van der Waals surface area contributed by atoms with E-state index < -0.39 is 15.9 Å². The quantitative estimate of drug-likeness (QED) is 0.866.